The molecule has 3 nitrogen and oxygen atoms in total. The van der Waals surface area contributed by atoms with Gasteiger partial charge < -0.3 is 11.5 Å². The Morgan fingerprint density at radius 2 is 2.08 bits per heavy atom. The topological polar surface area (TPSA) is 69.1 Å². The van der Waals surface area contributed by atoms with Crippen molar-refractivity contribution in [3.63, 3.8) is 0 Å². The van der Waals surface area contributed by atoms with Crippen LogP contribution in [0.4, 0.5) is 10.1 Å². The molecule has 0 heterocycles. The largest absolute Gasteiger partial charge is 0.398 e. The minimum Gasteiger partial charge on any atom is -0.398 e. The number of benzene rings is 1. The molecule has 64 valence electrons. The first-order valence-electron chi connectivity index (χ1n) is 3.38. The van der Waals surface area contributed by atoms with Crippen molar-refractivity contribution in [2.24, 2.45) is 5.73 Å². The van der Waals surface area contributed by atoms with Crippen LogP contribution in [0.1, 0.15) is 15.9 Å². The summed E-state index contributed by atoms with van der Waals surface area (Å²) in [7, 11) is 0. The van der Waals surface area contributed by atoms with Gasteiger partial charge in [-0.25, -0.2) is 4.39 Å². The Labute approximate surface area is 69.2 Å². The number of halogens is 1. The van der Waals surface area contributed by atoms with Gasteiger partial charge in [0.15, 0.2) is 0 Å². The maximum atomic E-state index is 12.9. The van der Waals surface area contributed by atoms with Gasteiger partial charge in [-0.1, -0.05) is 0 Å². The highest BCUT2D eigenvalue weighted by Gasteiger charge is 2.09. The molecule has 0 aliphatic carbocycles. The van der Waals surface area contributed by atoms with E-state index in [1.165, 1.54) is 6.07 Å². The summed E-state index contributed by atoms with van der Waals surface area (Å²) in [6.07, 6.45) is 0. The number of anilines is 1. The van der Waals surface area contributed by atoms with Gasteiger partial charge in [-0.3, -0.25) is 4.79 Å². The van der Waals surface area contributed by atoms with Gasteiger partial charge in [-0.2, -0.15) is 0 Å². The van der Waals surface area contributed by atoms with Gasteiger partial charge in [-0.15, -0.1) is 0 Å². The van der Waals surface area contributed by atoms with Crippen LogP contribution in [0.15, 0.2) is 12.1 Å². The highest BCUT2D eigenvalue weighted by atomic mass is 19.1. The molecule has 1 aromatic rings. The fourth-order valence-electron chi connectivity index (χ4n) is 0.886. The lowest BCUT2D eigenvalue weighted by molar-refractivity contribution is 0.0996. The van der Waals surface area contributed by atoms with E-state index in [2.05, 4.69) is 0 Å². The van der Waals surface area contributed by atoms with E-state index >= 15 is 0 Å². The number of carbonyl (C=O) groups is 1. The molecular formula is C8H9FN2O. The van der Waals surface area contributed by atoms with E-state index in [1.807, 2.05) is 0 Å². The second-order valence-electron chi connectivity index (χ2n) is 2.55. The molecule has 0 saturated carbocycles. The van der Waals surface area contributed by atoms with Gasteiger partial charge >= 0.3 is 0 Å². The molecule has 0 fully saturated rings. The van der Waals surface area contributed by atoms with Crippen LogP contribution in [0.2, 0.25) is 0 Å². The zero-order chi connectivity index (χ0) is 9.30. The summed E-state index contributed by atoms with van der Waals surface area (Å²) in [5.74, 6) is -1.46. The van der Waals surface area contributed by atoms with E-state index in [0.717, 1.165) is 6.07 Å². The molecule has 12 heavy (non-hydrogen) atoms. The summed E-state index contributed by atoms with van der Waals surface area (Å²) in [6.45, 7) is 1.68. The van der Waals surface area contributed by atoms with Crippen LogP contribution in [0.5, 0.6) is 0 Å². The fourth-order valence-corrected chi connectivity index (χ4v) is 0.886. The average molecular weight is 168 g/mol. The normalized spacial score (nSPS) is 9.83. The van der Waals surface area contributed by atoms with E-state index in [9.17, 15) is 9.18 Å². The molecule has 0 aliphatic heterocycles. The third kappa shape index (κ3) is 1.37. The molecule has 0 unspecified atom stereocenters. The van der Waals surface area contributed by atoms with E-state index in [1.54, 1.807) is 6.92 Å². The van der Waals surface area contributed by atoms with Crippen molar-refractivity contribution in [3.05, 3.63) is 29.1 Å². The van der Waals surface area contributed by atoms with Crippen LogP contribution >= 0.6 is 0 Å². The summed E-state index contributed by atoms with van der Waals surface area (Å²) in [5, 5.41) is 0. The molecular weight excluding hydrogens is 159 g/mol. The highest BCUT2D eigenvalue weighted by molar-refractivity contribution is 5.93. The monoisotopic (exact) mass is 168 g/mol. The predicted octanol–water partition coefficient (Wildman–Crippen LogP) is 0.815. The van der Waals surface area contributed by atoms with Crippen LogP contribution in [0.25, 0.3) is 0 Å². The van der Waals surface area contributed by atoms with E-state index < -0.39 is 11.7 Å². The van der Waals surface area contributed by atoms with Gasteiger partial charge in [0.2, 0.25) is 0 Å². The third-order valence-electron chi connectivity index (χ3n) is 1.62. The summed E-state index contributed by atoms with van der Waals surface area (Å²) in [5.41, 5.74) is 11.1. The summed E-state index contributed by atoms with van der Waals surface area (Å²) in [6, 6.07) is 2.43. The lowest BCUT2D eigenvalue weighted by atomic mass is 10.1. The quantitative estimate of drug-likeness (QED) is 0.609. The first-order chi connectivity index (χ1) is 5.52. The van der Waals surface area contributed by atoms with Crippen LogP contribution < -0.4 is 11.5 Å². The minimum absolute atomic E-state index is 0.123. The SMILES string of the molecule is Cc1cc(C(N)=O)c(F)cc1N. The maximum Gasteiger partial charge on any atom is 0.251 e. The lowest BCUT2D eigenvalue weighted by Gasteiger charge is -2.02. The fraction of sp³-hybridized carbons (Fsp3) is 0.125. The molecule has 0 bridgehead atoms. The number of aryl methyl sites for hydroxylation is 1. The standard InChI is InChI=1S/C8H9FN2O/c1-4-2-5(8(11)12)6(9)3-7(4)10/h2-3H,10H2,1H3,(H2,11,12). The molecule has 4 N–H and O–H groups in total. The zero-order valence-corrected chi connectivity index (χ0v) is 6.60. The predicted molar refractivity (Wildman–Crippen MR) is 44.1 cm³/mol. The van der Waals surface area contributed by atoms with E-state index in [0.29, 0.717) is 11.3 Å². The van der Waals surface area contributed by atoms with Crippen LogP contribution in [-0.2, 0) is 0 Å². The second-order valence-corrected chi connectivity index (χ2v) is 2.55. The van der Waals surface area contributed by atoms with Gasteiger partial charge in [0.05, 0.1) is 5.56 Å². The number of carbonyl (C=O) groups excluding carboxylic acids is 1. The van der Waals surface area contributed by atoms with Crippen molar-refractivity contribution in [1.29, 1.82) is 0 Å². The molecule has 0 aromatic heterocycles. The molecule has 1 aromatic carbocycles. The molecule has 0 atom stereocenters. The van der Waals surface area contributed by atoms with Gasteiger partial charge in [-0.05, 0) is 24.6 Å². The number of rotatable bonds is 1. The smallest absolute Gasteiger partial charge is 0.251 e. The molecule has 0 saturated heterocycles. The van der Waals surface area contributed by atoms with Gasteiger partial charge in [0.1, 0.15) is 5.82 Å². The Morgan fingerprint density at radius 1 is 1.50 bits per heavy atom. The van der Waals surface area contributed by atoms with Crippen molar-refractivity contribution in [1.82, 2.24) is 0 Å². The molecule has 0 radical (unpaired) electrons. The number of amides is 1. The molecule has 1 amide bonds. The summed E-state index contributed by atoms with van der Waals surface area (Å²) >= 11 is 0. The number of primary amides is 1. The van der Waals surface area contributed by atoms with Crippen LogP contribution in [0, 0.1) is 12.7 Å². The molecule has 4 heteroatoms. The van der Waals surface area contributed by atoms with Crippen molar-refractivity contribution >= 4 is 11.6 Å². The Kier molecular flexibility index (Phi) is 1.99. The summed E-state index contributed by atoms with van der Waals surface area (Å²) < 4.78 is 12.9. The zero-order valence-electron chi connectivity index (χ0n) is 6.60. The average Bonchev–Trinajstić information content (AvgIpc) is 1.96. The number of nitrogen functional groups attached to an aromatic ring is 1. The summed E-state index contributed by atoms with van der Waals surface area (Å²) in [4.78, 5) is 10.6. The Hall–Kier alpha value is -1.58. The number of hydrogen-bond donors (Lipinski definition) is 2. The Morgan fingerprint density at radius 3 is 2.58 bits per heavy atom. The Bertz CT molecular complexity index is 336. The first kappa shape index (κ1) is 8.52. The van der Waals surface area contributed by atoms with Gasteiger partial charge in [0.25, 0.3) is 5.91 Å². The van der Waals surface area contributed by atoms with Gasteiger partial charge in [0, 0.05) is 5.69 Å². The van der Waals surface area contributed by atoms with Crippen molar-refractivity contribution in [2.75, 3.05) is 5.73 Å². The second kappa shape index (κ2) is 2.81. The van der Waals surface area contributed by atoms with E-state index in [-0.39, 0.29) is 5.56 Å². The lowest BCUT2D eigenvalue weighted by Crippen LogP contribution is -2.13. The molecule has 0 aliphatic rings. The highest BCUT2D eigenvalue weighted by Crippen LogP contribution is 2.16. The van der Waals surface area contributed by atoms with Crippen molar-refractivity contribution in [2.45, 2.75) is 6.92 Å². The third-order valence-corrected chi connectivity index (χ3v) is 1.62. The minimum atomic E-state index is -0.782. The van der Waals surface area contributed by atoms with Crippen LogP contribution in [0.3, 0.4) is 0 Å². The first-order valence-corrected chi connectivity index (χ1v) is 3.38. The molecule has 1 rings (SSSR count). The maximum absolute atomic E-state index is 12.9. The van der Waals surface area contributed by atoms with Crippen molar-refractivity contribution < 1.29 is 9.18 Å². The van der Waals surface area contributed by atoms with E-state index in [4.69, 9.17) is 11.5 Å². The molecule has 0 spiro atoms. The Balaban J connectivity index is 3.33. The number of hydrogen-bond acceptors (Lipinski definition) is 2. The van der Waals surface area contributed by atoms with Crippen molar-refractivity contribution in [3.8, 4) is 0 Å². The number of nitrogens with two attached hydrogens (primary N) is 2. The van der Waals surface area contributed by atoms with Crippen LogP contribution in [-0.4, -0.2) is 5.91 Å².